The fourth-order valence-electron chi connectivity index (χ4n) is 4.61. The molecule has 0 radical (unpaired) electrons. The molecule has 1 atom stereocenters. The Morgan fingerprint density at radius 1 is 0.742 bits per heavy atom. The fraction of sp³-hybridized carbons (Fsp3) is 0.333. The average Bonchev–Trinajstić information content (AvgIpc) is 2.85. The molecule has 31 heavy (non-hydrogen) atoms. The van der Waals surface area contributed by atoms with E-state index in [0.717, 1.165) is 32.7 Å². The maximum Gasteiger partial charge on any atom is 0.0951 e. The third kappa shape index (κ3) is 4.89. The number of likely N-dealkylation sites (N-methyl/N-ethyl adjacent to an activating group) is 1. The highest BCUT2D eigenvalue weighted by molar-refractivity contribution is 5.49. The summed E-state index contributed by atoms with van der Waals surface area (Å²) < 4.78 is 0. The average molecular weight is 416 g/mol. The molecule has 3 aromatic carbocycles. The van der Waals surface area contributed by atoms with E-state index in [-0.39, 0.29) is 12.6 Å². The quantitative estimate of drug-likeness (QED) is 0.555. The first-order valence-electron chi connectivity index (χ1n) is 11.2. The van der Waals surface area contributed by atoms with Gasteiger partial charge in [-0.05, 0) is 23.7 Å². The first-order chi connectivity index (χ1) is 15.2. The molecular weight excluding hydrogens is 382 g/mol. The van der Waals surface area contributed by atoms with Gasteiger partial charge < -0.3 is 10.0 Å². The van der Waals surface area contributed by atoms with Crippen LogP contribution in [0.3, 0.4) is 0 Å². The summed E-state index contributed by atoms with van der Waals surface area (Å²) in [7, 11) is 2.17. The summed E-state index contributed by atoms with van der Waals surface area (Å²) in [5.41, 5.74) is 2.96. The van der Waals surface area contributed by atoms with E-state index < -0.39 is 5.54 Å². The predicted octanol–water partition coefficient (Wildman–Crippen LogP) is 3.18. The highest BCUT2D eigenvalue weighted by Gasteiger charge is 2.38. The Hall–Kier alpha value is -2.50. The Morgan fingerprint density at radius 2 is 1.16 bits per heavy atom. The van der Waals surface area contributed by atoms with Crippen molar-refractivity contribution in [2.24, 2.45) is 0 Å². The maximum absolute atomic E-state index is 10.4. The van der Waals surface area contributed by atoms with E-state index in [2.05, 4.69) is 113 Å². The molecule has 4 heteroatoms. The van der Waals surface area contributed by atoms with Gasteiger partial charge in [-0.1, -0.05) is 91.0 Å². The standard InChI is InChI=1S/C27H33N3O/c1-29-17-19-30(20-18-29)21-26(22-31)28-27(23-11-5-2-6-12-23,24-13-7-3-8-14-24)25-15-9-4-10-16-25/h2-16,26,28,31H,17-22H2,1H3/t26-/m0/s1. The number of rotatable bonds is 8. The van der Waals surface area contributed by atoms with Gasteiger partial charge in [-0.2, -0.15) is 0 Å². The number of hydrogen-bond donors (Lipinski definition) is 2. The predicted molar refractivity (Wildman–Crippen MR) is 127 cm³/mol. The van der Waals surface area contributed by atoms with Crippen LogP contribution in [0.25, 0.3) is 0 Å². The van der Waals surface area contributed by atoms with Crippen molar-refractivity contribution in [2.75, 3.05) is 46.4 Å². The van der Waals surface area contributed by atoms with Gasteiger partial charge in [0.25, 0.3) is 0 Å². The second kappa shape index (κ2) is 10.2. The van der Waals surface area contributed by atoms with E-state index in [0.29, 0.717) is 0 Å². The van der Waals surface area contributed by atoms with Crippen LogP contribution in [-0.2, 0) is 5.54 Å². The van der Waals surface area contributed by atoms with Gasteiger partial charge >= 0.3 is 0 Å². The number of benzene rings is 3. The van der Waals surface area contributed by atoms with Gasteiger partial charge in [0.2, 0.25) is 0 Å². The molecule has 4 rings (SSSR count). The molecule has 1 aliphatic rings. The van der Waals surface area contributed by atoms with Crippen LogP contribution in [0.4, 0.5) is 0 Å². The van der Waals surface area contributed by atoms with Crippen molar-refractivity contribution in [3.8, 4) is 0 Å². The zero-order chi connectivity index (χ0) is 21.5. The molecule has 0 spiro atoms. The van der Waals surface area contributed by atoms with Gasteiger partial charge in [0.15, 0.2) is 0 Å². The van der Waals surface area contributed by atoms with Crippen LogP contribution in [-0.4, -0.2) is 67.3 Å². The molecule has 1 aliphatic heterocycles. The Balaban J connectivity index is 1.76. The summed E-state index contributed by atoms with van der Waals surface area (Å²) in [5, 5.41) is 14.3. The summed E-state index contributed by atoms with van der Waals surface area (Å²) in [5.74, 6) is 0. The van der Waals surface area contributed by atoms with Gasteiger partial charge in [-0.15, -0.1) is 0 Å². The van der Waals surface area contributed by atoms with Gasteiger partial charge in [0.1, 0.15) is 0 Å². The van der Waals surface area contributed by atoms with E-state index in [9.17, 15) is 5.11 Å². The van der Waals surface area contributed by atoms with Crippen LogP contribution in [0.1, 0.15) is 16.7 Å². The monoisotopic (exact) mass is 415 g/mol. The number of aliphatic hydroxyl groups excluding tert-OH is 1. The number of piperazine rings is 1. The van der Waals surface area contributed by atoms with Crippen molar-refractivity contribution in [2.45, 2.75) is 11.6 Å². The molecule has 0 bridgehead atoms. The Morgan fingerprint density at radius 3 is 1.55 bits per heavy atom. The SMILES string of the molecule is CN1CCN(C[C@@H](CO)NC(c2ccccc2)(c2ccccc2)c2ccccc2)CC1. The molecule has 1 fully saturated rings. The highest BCUT2D eigenvalue weighted by Crippen LogP contribution is 2.37. The molecule has 0 unspecified atom stereocenters. The van der Waals surface area contributed by atoms with E-state index in [1.165, 1.54) is 16.7 Å². The van der Waals surface area contributed by atoms with Crippen molar-refractivity contribution in [3.63, 3.8) is 0 Å². The summed E-state index contributed by atoms with van der Waals surface area (Å²) in [6.07, 6.45) is 0. The van der Waals surface area contributed by atoms with Crippen molar-refractivity contribution < 1.29 is 5.11 Å². The van der Waals surface area contributed by atoms with Crippen molar-refractivity contribution in [1.82, 2.24) is 15.1 Å². The third-order valence-electron chi connectivity index (χ3n) is 6.34. The molecule has 3 aromatic rings. The highest BCUT2D eigenvalue weighted by atomic mass is 16.3. The second-order valence-corrected chi connectivity index (χ2v) is 8.48. The topological polar surface area (TPSA) is 38.7 Å². The van der Waals surface area contributed by atoms with Crippen molar-refractivity contribution >= 4 is 0 Å². The lowest BCUT2D eigenvalue weighted by atomic mass is 9.76. The van der Waals surface area contributed by atoms with Crippen LogP contribution < -0.4 is 5.32 Å². The minimum atomic E-state index is -0.552. The van der Waals surface area contributed by atoms with Crippen LogP contribution in [0.2, 0.25) is 0 Å². The number of aliphatic hydroxyl groups is 1. The first kappa shape index (κ1) is 21.7. The van der Waals surface area contributed by atoms with Gasteiger partial charge in [0, 0.05) is 38.8 Å². The molecule has 0 amide bonds. The molecule has 2 N–H and O–H groups in total. The normalized spacial score (nSPS) is 16.8. The summed E-state index contributed by atoms with van der Waals surface area (Å²) in [4.78, 5) is 4.82. The molecule has 1 saturated heterocycles. The minimum Gasteiger partial charge on any atom is -0.395 e. The lowest BCUT2D eigenvalue weighted by Gasteiger charge is -2.42. The molecular formula is C27H33N3O. The van der Waals surface area contributed by atoms with Crippen LogP contribution >= 0.6 is 0 Å². The van der Waals surface area contributed by atoms with E-state index in [1.807, 2.05) is 0 Å². The summed E-state index contributed by atoms with van der Waals surface area (Å²) in [6.45, 7) is 5.10. The third-order valence-corrected chi connectivity index (χ3v) is 6.34. The first-order valence-corrected chi connectivity index (χ1v) is 11.2. The molecule has 0 aliphatic carbocycles. The van der Waals surface area contributed by atoms with E-state index in [4.69, 9.17) is 0 Å². The maximum atomic E-state index is 10.4. The minimum absolute atomic E-state index is 0.0657. The Labute approximate surface area is 186 Å². The van der Waals surface area contributed by atoms with Crippen molar-refractivity contribution in [3.05, 3.63) is 108 Å². The fourth-order valence-corrected chi connectivity index (χ4v) is 4.61. The van der Waals surface area contributed by atoms with Crippen LogP contribution in [0.15, 0.2) is 91.0 Å². The largest absolute Gasteiger partial charge is 0.395 e. The molecule has 162 valence electrons. The Kier molecular flexibility index (Phi) is 7.15. The number of nitrogens with one attached hydrogen (secondary N) is 1. The lowest BCUT2D eigenvalue weighted by Crippen LogP contribution is -2.56. The van der Waals surface area contributed by atoms with Crippen LogP contribution in [0, 0.1) is 0 Å². The smallest absolute Gasteiger partial charge is 0.0951 e. The summed E-state index contributed by atoms with van der Waals surface area (Å²) >= 11 is 0. The molecule has 0 aromatic heterocycles. The zero-order valence-electron chi connectivity index (χ0n) is 18.3. The van der Waals surface area contributed by atoms with Gasteiger partial charge in [0.05, 0.1) is 12.1 Å². The molecule has 0 saturated carbocycles. The zero-order valence-corrected chi connectivity index (χ0v) is 18.3. The molecule has 1 heterocycles. The van der Waals surface area contributed by atoms with E-state index in [1.54, 1.807) is 0 Å². The summed E-state index contributed by atoms with van der Waals surface area (Å²) in [6, 6.07) is 31.7. The lowest BCUT2D eigenvalue weighted by molar-refractivity contribution is 0.118. The van der Waals surface area contributed by atoms with Gasteiger partial charge in [-0.3, -0.25) is 10.2 Å². The van der Waals surface area contributed by atoms with Gasteiger partial charge in [-0.25, -0.2) is 0 Å². The van der Waals surface area contributed by atoms with E-state index >= 15 is 0 Å². The Bertz CT molecular complexity index is 812. The number of hydrogen-bond acceptors (Lipinski definition) is 4. The molecule has 4 nitrogen and oxygen atoms in total. The number of nitrogens with zero attached hydrogens (tertiary/aromatic N) is 2. The second-order valence-electron chi connectivity index (χ2n) is 8.48. The van der Waals surface area contributed by atoms with Crippen molar-refractivity contribution in [1.29, 1.82) is 0 Å². The van der Waals surface area contributed by atoms with Crippen LogP contribution in [0.5, 0.6) is 0 Å².